The molecule has 0 saturated carbocycles. The fourth-order valence-electron chi connectivity index (χ4n) is 3.69. The molecule has 7 nitrogen and oxygen atoms in total. The molecule has 8 heteroatoms. The number of aromatic nitrogens is 3. The standard InChI is InChI=1S/C25H22N4O3S/c1-30-20-14-8-12-18(22(20)31-2)23-26-19-13-7-6-11-17(19)21-24(32-23)27-25(29-28-21)33-15-16-9-4-3-5-10-16/h3-14,23,26H,15H2,1-2H3/t23-/m1/s1. The quantitative estimate of drug-likeness (QED) is 0.387. The number of nitrogens with zero attached hydrogens (tertiary/aromatic N) is 3. The highest BCUT2D eigenvalue weighted by Gasteiger charge is 2.28. The normalized spacial score (nSPS) is 14.2. The second-order valence-corrected chi connectivity index (χ2v) is 8.24. The van der Waals surface area contributed by atoms with E-state index in [0.29, 0.717) is 28.2 Å². The average molecular weight is 459 g/mol. The van der Waals surface area contributed by atoms with E-state index in [1.807, 2.05) is 60.7 Å². The van der Waals surface area contributed by atoms with Crippen LogP contribution in [0.15, 0.2) is 78.0 Å². The van der Waals surface area contributed by atoms with Crippen molar-refractivity contribution in [2.24, 2.45) is 0 Å². The summed E-state index contributed by atoms with van der Waals surface area (Å²) in [5, 5.41) is 12.8. The largest absolute Gasteiger partial charge is 0.493 e. The minimum atomic E-state index is -0.568. The van der Waals surface area contributed by atoms with Gasteiger partial charge in [0.05, 0.1) is 19.8 Å². The minimum Gasteiger partial charge on any atom is -0.493 e. The Bertz CT molecular complexity index is 1270. The second-order valence-electron chi connectivity index (χ2n) is 7.29. The minimum absolute atomic E-state index is 0.410. The predicted molar refractivity (Wildman–Crippen MR) is 128 cm³/mol. The maximum absolute atomic E-state index is 6.39. The Kier molecular flexibility index (Phi) is 5.99. The number of benzene rings is 3. The number of hydrogen-bond donors (Lipinski definition) is 1. The lowest BCUT2D eigenvalue weighted by Gasteiger charge is -2.22. The number of para-hydroxylation sites is 2. The fourth-order valence-corrected chi connectivity index (χ4v) is 4.42. The highest BCUT2D eigenvalue weighted by molar-refractivity contribution is 7.98. The molecule has 2 heterocycles. The van der Waals surface area contributed by atoms with Crippen molar-refractivity contribution in [1.29, 1.82) is 0 Å². The SMILES string of the molecule is COc1cccc([C@@H]2Nc3ccccc3-c3nnc(SCc4ccccc4)nc3O2)c1OC. The highest BCUT2D eigenvalue weighted by Crippen LogP contribution is 2.43. The first-order chi connectivity index (χ1) is 16.3. The van der Waals surface area contributed by atoms with Crippen LogP contribution in [-0.2, 0) is 5.75 Å². The number of rotatable bonds is 6. The van der Waals surface area contributed by atoms with Gasteiger partial charge in [0.1, 0.15) is 0 Å². The van der Waals surface area contributed by atoms with Crippen molar-refractivity contribution in [3.05, 3.63) is 83.9 Å². The molecule has 1 aliphatic rings. The Balaban J connectivity index is 1.53. The van der Waals surface area contributed by atoms with E-state index in [1.54, 1.807) is 14.2 Å². The zero-order valence-corrected chi connectivity index (χ0v) is 19.0. The van der Waals surface area contributed by atoms with Crippen LogP contribution in [0.3, 0.4) is 0 Å². The van der Waals surface area contributed by atoms with E-state index < -0.39 is 6.23 Å². The molecule has 1 aromatic heterocycles. The Morgan fingerprint density at radius 3 is 2.55 bits per heavy atom. The van der Waals surface area contributed by atoms with E-state index in [-0.39, 0.29) is 0 Å². The van der Waals surface area contributed by atoms with Gasteiger partial charge in [0.2, 0.25) is 17.3 Å². The molecule has 0 aliphatic carbocycles. The molecular weight excluding hydrogens is 436 g/mol. The van der Waals surface area contributed by atoms with Gasteiger partial charge >= 0.3 is 0 Å². The van der Waals surface area contributed by atoms with Crippen molar-refractivity contribution in [2.45, 2.75) is 17.1 Å². The van der Waals surface area contributed by atoms with Gasteiger partial charge in [0, 0.05) is 17.0 Å². The van der Waals surface area contributed by atoms with Crippen LogP contribution in [0.2, 0.25) is 0 Å². The molecule has 0 bridgehead atoms. The molecule has 0 unspecified atom stereocenters. The summed E-state index contributed by atoms with van der Waals surface area (Å²) in [4.78, 5) is 4.72. The van der Waals surface area contributed by atoms with Crippen molar-refractivity contribution in [2.75, 3.05) is 19.5 Å². The van der Waals surface area contributed by atoms with Gasteiger partial charge in [-0.15, -0.1) is 10.2 Å². The molecule has 0 amide bonds. The highest BCUT2D eigenvalue weighted by atomic mass is 32.2. The van der Waals surface area contributed by atoms with Crippen LogP contribution in [0.4, 0.5) is 5.69 Å². The summed E-state index contributed by atoms with van der Waals surface area (Å²) in [5.74, 6) is 2.37. The number of nitrogens with one attached hydrogen (secondary N) is 1. The van der Waals surface area contributed by atoms with Gasteiger partial charge < -0.3 is 19.5 Å². The van der Waals surface area contributed by atoms with Crippen molar-refractivity contribution < 1.29 is 14.2 Å². The van der Waals surface area contributed by atoms with E-state index in [0.717, 1.165) is 22.6 Å². The number of hydrogen-bond acceptors (Lipinski definition) is 8. The molecule has 5 rings (SSSR count). The second kappa shape index (κ2) is 9.38. The van der Waals surface area contributed by atoms with Crippen LogP contribution in [0.5, 0.6) is 17.4 Å². The smallest absolute Gasteiger partial charge is 0.247 e. The number of fused-ring (bicyclic) bond motifs is 3. The molecule has 1 aliphatic heterocycles. The Hall–Kier alpha value is -3.78. The lowest BCUT2D eigenvalue weighted by molar-refractivity contribution is 0.218. The topological polar surface area (TPSA) is 78.4 Å². The molecule has 4 aromatic rings. The van der Waals surface area contributed by atoms with Gasteiger partial charge in [-0.05, 0) is 23.8 Å². The van der Waals surface area contributed by atoms with Crippen molar-refractivity contribution >= 4 is 17.4 Å². The average Bonchev–Trinajstić information content (AvgIpc) is 3.04. The Morgan fingerprint density at radius 1 is 0.909 bits per heavy atom. The molecule has 0 fully saturated rings. The number of methoxy groups -OCH3 is 2. The van der Waals surface area contributed by atoms with Crippen molar-refractivity contribution in [3.8, 4) is 28.6 Å². The molecule has 1 atom stereocenters. The molecule has 3 aromatic carbocycles. The Labute approximate surface area is 196 Å². The van der Waals surface area contributed by atoms with Crippen molar-refractivity contribution in [3.63, 3.8) is 0 Å². The Morgan fingerprint density at radius 2 is 1.73 bits per heavy atom. The van der Waals surface area contributed by atoms with Crippen molar-refractivity contribution in [1.82, 2.24) is 15.2 Å². The lowest BCUT2D eigenvalue weighted by atomic mass is 10.1. The maximum atomic E-state index is 6.39. The first kappa shape index (κ1) is 21.1. The summed E-state index contributed by atoms with van der Waals surface area (Å²) >= 11 is 1.52. The summed E-state index contributed by atoms with van der Waals surface area (Å²) in [6.07, 6.45) is -0.568. The summed E-state index contributed by atoms with van der Waals surface area (Å²) in [6, 6.07) is 23.7. The van der Waals surface area contributed by atoms with Crippen LogP contribution in [0, 0.1) is 0 Å². The molecule has 0 spiro atoms. The fraction of sp³-hybridized carbons (Fsp3) is 0.160. The van der Waals surface area contributed by atoms with Crippen LogP contribution in [0.25, 0.3) is 11.3 Å². The van der Waals surface area contributed by atoms with E-state index in [1.165, 1.54) is 17.3 Å². The van der Waals surface area contributed by atoms with E-state index in [4.69, 9.17) is 19.2 Å². The van der Waals surface area contributed by atoms with Crippen LogP contribution in [-0.4, -0.2) is 29.4 Å². The summed E-state index contributed by atoms with van der Waals surface area (Å²) in [5.41, 5.74) is 4.31. The lowest BCUT2D eigenvalue weighted by Crippen LogP contribution is -2.18. The van der Waals surface area contributed by atoms with Gasteiger partial charge in [0.15, 0.2) is 17.2 Å². The van der Waals surface area contributed by atoms with E-state index >= 15 is 0 Å². The molecular formula is C25H22N4O3S. The van der Waals surface area contributed by atoms with E-state index in [2.05, 4.69) is 27.6 Å². The third kappa shape index (κ3) is 4.29. The van der Waals surface area contributed by atoms with Gasteiger partial charge in [-0.2, -0.15) is 4.98 Å². The summed E-state index contributed by atoms with van der Waals surface area (Å²) in [7, 11) is 3.23. The number of ether oxygens (including phenoxy) is 3. The zero-order valence-electron chi connectivity index (χ0n) is 18.2. The monoisotopic (exact) mass is 458 g/mol. The number of anilines is 1. The van der Waals surface area contributed by atoms with Crippen LogP contribution < -0.4 is 19.5 Å². The predicted octanol–water partition coefficient (Wildman–Crippen LogP) is 5.35. The summed E-state index contributed by atoms with van der Waals surface area (Å²) in [6.45, 7) is 0. The van der Waals surface area contributed by atoms with Crippen LogP contribution >= 0.6 is 11.8 Å². The number of thioether (sulfide) groups is 1. The molecule has 0 saturated heterocycles. The van der Waals surface area contributed by atoms with Gasteiger partial charge in [-0.25, -0.2) is 0 Å². The first-order valence-electron chi connectivity index (χ1n) is 10.4. The summed E-state index contributed by atoms with van der Waals surface area (Å²) < 4.78 is 17.5. The molecule has 1 N–H and O–H groups in total. The molecule has 0 radical (unpaired) electrons. The van der Waals surface area contributed by atoms with Gasteiger partial charge in [-0.3, -0.25) is 0 Å². The van der Waals surface area contributed by atoms with Gasteiger partial charge in [0.25, 0.3) is 0 Å². The first-order valence-corrected chi connectivity index (χ1v) is 11.4. The third-order valence-electron chi connectivity index (χ3n) is 5.26. The van der Waals surface area contributed by atoms with E-state index in [9.17, 15) is 0 Å². The third-order valence-corrected chi connectivity index (χ3v) is 6.17. The van der Waals surface area contributed by atoms with Crippen LogP contribution in [0.1, 0.15) is 17.4 Å². The maximum Gasteiger partial charge on any atom is 0.247 e. The molecule has 33 heavy (non-hydrogen) atoms. The molecule has 166 valence electrons. The zero-order chi connectivity index (χ0) is 22.6. The van der Waals surface area contributed by atoms with Gasteiger partial charge in [-0.1, -0.05) is 66.4 Å².